The van der Waals surface area contributed by atoms with Crippen molar-refractivity contribution in [1.29, 1.82) is 0 Å². The van der Waals surface area contributed by atoms with Gasteiger partial charge in [-0.25, -0.2) is 0 Å². The number of benzene rings is 1. The van der Waals surface area contributed by atoms with Crippen molar-refractivity contribution < 1.29 is 9.59 Å². The molecule has 6 heteroatoms. The maximum Gasteiger partial charge on any atom is 0.257 e. The number of carbonyl (C=O) groups excluding carboxylic acids is 2. The van der Waals surface area contributed by atoms with Gasteiger partial charge in [-0.3, -0.25) is 19.6 Å². The fraction of sp³-hybridized carbons (Fsp3) is 0.143. The lowest BCUT2D eigenvalue weighted by Crippen LogP contribution is -2.24. The molecule has 0 unspecified atom stereocenters. The quantitative estimate of drug-likeness (QED) is 0.731. The van der Waals surface area contributed by atoms with E-state index in [0.29, 0.717) is 17.7 Å². The number of pyridine rings is 2. The first-order valence-electron chi connectivity index (χ1n) is 8.54. The normalized spacial score (nSPS) is 10.3. The summed E-state index contributed by atoms with van der Waals surface area (Å²) < 4.78 is 0. The largest absolute Gasteiger partial charge is 0.346 e. The molecule has 3 aromatic rings. The Balaban J connectivity index is 1.69. The third kappa shape index (κ3) is 4.76. The van der Waals surface area contributed by atoms with Gasteiger partial charge in [-0.05, 0) is 49.2 Å². The second-order valence-corrected chi connectivity index (χ2v) is 6.24. The Morgan fingerprint density at radius 1 is 0.963 bits per heavy atom. The van der Waals surface area contributed by atoms with Gasteiger partial charge in [0.05, 0.1) is 23.4 Å². The number of aryl methyl sites for hydroxylation is 2. The Morgan fingerprint density at radius 3 is 2.48 bits per heavy atom. The van der Waals surface area contributed by atoms with Crippen LogP contribution in [0.5, 0.6) is 0 Å². The van der Waals surface area contributed by atoms with E-state index in [9.17, 15) is 9.59 Å². The van der Waals surface area contributed by atoms with Crippen LogP contribution in [0.25, 0.3) is 0 Å². The molecule has 0 aliphatic rings. The van der Waals surface area contributed by atoms with Crippen LogP contribution >= 0.6 is 0 Å². The second kappa shape index (κ2) is 8.23. The number of amides is 2. The van der Waals surface area contributed by atoms with Crippen molar-refractivity contribution in [1.82, 2.24) is 15.3 Å². The molecule has 0 saturated heterocycles. The molecular weight excluding hydrogens is 340 g/mol. The molecule has 0 bridgehead atoms. The van der Waals surface area contributed by atoms with E-state index in [1.54, 1.807) is 6.20 Å². The van der Waals surface area contributed by atoms with Gasteiger partial charge in [0.25, 0.3) is 11.8 Å². The van der Waals surface area contributed by atoms with Crippen molar-refractivity contribution in [3.8, 4) is 0 Å². The minimum atomic E-state index is -0.311. The number of nitrogens with zero attached hydrogens (tertiary/aromatic N) is 2. The lowest BCUT2D eigenvalue weighted by molar-refractivity contribution is 0.0950. The molecule has 2 amide bonds. The summed E-state index contributed by atoms with van der Waals surface area (Å²) in [6.45, 7) is 4.19. The molecule has 0 fully saturated rings. The number of carbonyl (C=O) groups is 2. The minimum Gasteiger partial charge on any atom is -0.346 e. The Bertz CT molecular complexity index is 971. The zero-order chi connectivity index (χ0) is 19.2. The molecule has 0 radical (unpaired) electrons. The second-order valence-electron chi connectivity index (χ2n) is 6.24. The van der Waals surface area contributed by atoms with E-state index in [4.69, 9.17) is 0 Å². The highest BCUT2D eigenvalue weighted by molar-refractivity contribution is 6.06. The molecule has 136 valence electrons. The summed E-state index contributed by atoms with van der Waals surface area (Å²) in [4.78, 5) is 33.1. The van der Waals surface area contributed by atoms with Crippen molar-refractivity contribution in [3.05, 3.63) is 89.0 Å². The predicted octanol–water partition coefficient (Wildman–Crippen LogP) is 3.28. The SMILES string of the molecule is Cc1ccc(C)c(NC(=O)c2cncc(C(=O)NCc3ccccn3)c2)c1. The van der Waals surface area contributed by atoms with Crippen molar-refractivity contribution in [2.75, 3.05) is 5.32 Å². The summed E-state index contributed by atoms with van der Waals surface area (Å²) in [5, 5.41) is 5.65. The highest BCUT2D eigenvalue weighted by Gasteiger charge is 2.12. The van der Waals surface area contributed by atoms with Crippen LogP contribution in [0.15, 0.2) is 61.1 Å². The van der Waals surface area contributed by atoms with Crippen molar-refractivity contribution in [2.45, 2.75) is 20.4 Å². The number of anilines is 1. The molecule has 27 heavy (non-hydrogen) atoms. The number of nitrogens with one attached hydrogen (secondary N) is 2. The molecule has 2 heterocycles. The molecule has 0 aliphatic heterocycles. The minimum absolute atomic E-state index is 0.304. The van der Waals surface area contributed by atoms with Gasteiger partial charge < -0.3 is 10.6 Å². The van der Waals surface area contributed by atoms with E-state index >= 15 is 0 Å². The van der Waals surface area contributed by atoms with Crippen LogP contribution in [0, 0.1) is 13.8 Å². The zero-order valence-electron chi connectivity index (χ0n) is 15.2. The van der Waals surface area contributed by atoms with E-state index in [-0.39, 0.29) is 11.8 Å². The van der Waals surface area contributed by atoms with Crippen molar-refractivity contribution in [3.63, 3.8) is 0 Å². The summed E-state index contributed by atoms with van der Waals surface area (Å²) in [6, 6.07) is 12.9. The first-order chi connectivity index (χ1) is 13.0. The van der Waals surface area contributed by atoms with E-state index in [1.807, 2.05) is 50.2 Å². The predicted molar refractivity (Wildman–Crippen MR) is 104 cm³/mol. The van der Waals surface area contributed by atoms with Crippen LogP contribution < -0.4 is 10.6 Å². The first kappa shape index (κ1) is 18.3. The van der Waals surface area contributed by atoms with E-state index < -0.39 is 0 Å². The summed E-state index contributed by atoms with van der Waals surface area (Å²) >= 11 is 0. The Kier molecular flexibility index (Phi) is 5.56. The topological polar surface area (TPSA) is 84.0 Å². The Morgan fingerprint density at radius 2 is 1.74 bits per heavy atom. The molecule has 2 aromatic heterocycles. The van der Waals surface area contributed by atoms with Gasteiger partial charge >= 0.3 is 0 Å². The van der Waals surface area contributed by atoms with Gasteiger partial charge in [-0.15, -0.1) is 0 Å². The molecule has 0 spiro atoms. The van der Waals surface area contributed by atoms with Crippen LogP contribution in [-0.4, -0.2) is 21.8 Å². The van der Waals surface area contributed by atoms with E-state index in [0.717, 1.165) is 22.5 Å². The van der Waals surface area contributed by atoms with Crippen LogP contribution in [-0.2, 0) is 6.54 Å². The highest BCUT2D eigenvalue weighted by Crippen LogP contribution is 2.17. The van der Waals surface area contributed by atoms with Crippen molar-refractivity contribution in [2.24, 2.45) is 0 Å². The molecule has 6 nitrogen and oxygen atoms in total. The monoisotopic (exact) mass is 360 g/mol. The number of aromatic nitrogens is 2. The van der Waals surface area contributed by atoms with Crippen LogP contribution in [0.3, 0.4) is 0 Å². The smallest absolute Gasteiger partial charge is 0.257 e. The van der Waals surface area contributed by atoms with Gasteiger partial charge in [0, 0.05) is 24.3 Å². The average molecular weight is 360 g/mol. The fourth-order valence-electron chi connectivity index (χ4n) is 2.53. The third-order valence-electron chi connectivity index (χ3n) is 4.06. The summed E-state index contributed by atoms with van der Waals surface area (Å²) in [7, 11) is 0. The number of hydrogen-bond acceptors (Lipinski definition) is 4. The first-order valence-corrected chi connectivity index (χ1v) is 8.54. The molecular formula is C21H20N4O2. The number of hydrogen-bond donors (Lipinski definition) is 2. The van der Waals surface area contributed by atoms with Gasteiger partial charge in [-0.1, -0.05) is 18.2 Å². The van der Waals surface area contributed by atoms with E-state index in [1.165, 1.54) is 18.5 Å². The summed E-state index contributed by atoms with van der Waals surface area (Å²) in [6.07, 6.45) is 4.54. The fourth-order valence-corrected chi connectivity index (χ4v) is 2.53. The van der Waals surface area contributed by atoms with Gasteiger partial charge in [-0.2, -0.15) is 0 Å². The highest BCUT2D eigenvalue weighted by atomic mass is 16.2. The summed E-state index contributed by atoms with van der Waals surface area (Å²) in [5.74, 6) is -0.620. The van der Waals surface area contributed by atoms with Crippen LogP contribution in [0.2, 0.25) is 0 Å². The van der Waals surface area contributed by atoms with E-state index in [2.05, 4.69) is 20.6 Å². The van der Waals surface area contributed by atoms with Gasteiger partial charge in [0.2, 0.25) is 0 Å². The molecule has 0 aliphatic carbocycles. The lowest BCUT2D eigenvalue weighted by Gasteiger charge is -2.10. The molecule has 0 atom stereocenters. The number of rotatable bonds is 5. The van der Waals surface area contributed by atoms with Crippen molar-refractivity contribution >= 4 is 17.5 Å². The maximum absolute atomic E-state index is 12.5. The average Bonchev–Trinajstić information content (AvgIpc) is 2.69. The zero-order valence-corrected chi connectivity index (χ0v) is 15.2. The van der Waals surface area contributed by atoms with Gasteiger partial charge in [0.1, 0.15) is 0 Å². The van der Waals surface area contributed by atoms with Gasteiger partial charge in [0.15, 0.2) is 0 Å². The molecule has 0 saturated carbocycles. The Hall–Kier alpha value is -3.54. The molecule has 3 rings (SSSR count). The third-order valence-corrected chi connectivity index (χ3v) is 4.06. The lowest BCUT2D eigenvalue weighted by atomic mass is 10.1. The Labute approximate surface area is 157 Å². The molecule has 1 aromatic carbocycles. The summed E-state index contributed by atoms with van der Waals surface area (Å²) in [5.41, 5.74) is 4.15. The van der Waals surface area contributed by atoms with Crippen LogP contribution in [0.4, 0.5) is 5.69 Å². The molecule has 2 N–H and O–H groups in total. The van der Waals surface area contributed by atoms with Crippen LogP contribution in [0.1, 0.15) is 37.5 Å². The standard InChI is InChI=1S/C21H20N4O2/c1-14-6-7-15(2)19(9-14)25-21(27)17-10-16(11-22-12-17)20(26)24-13-18-5-3-4-8-23-18/h3-12H,13H2,1-2H3,(H,24,26)(H,25,27). The maximum atomic E-state index is 12.5.